The molecule has 0 aliphatic carbocycles. The Labute approximate surface area is 96.4 Å². The zero-order chi connectivity index (χ0) is 12.1. The first-order valence-corrected chi connectivity index (χ1v) is 5.38. The van der Waals surface area contributed by atoms with Crippen molar-refractivity contribution in [2.75, 3.05) is 7.11 Å². The van der Waals surface area contributed by atoms with Crippen LogP contribution in [0.15, 0.2) is 18.2 Å². The third-order valence-corrected chi connectivity index (χ3v) is 2.13. The summed E-state index contributed by atoms with van der Waals surface area (Å²) in [5.74, 6) is 1.31. The van der Waals surface area contributed by atoms with Crippen LogP contribution in [0.1, 0.15) is 26.3 Å². The van der Waals surface area contributed by atoms with Gasteiger partial charge in [0.15, 0.2) is 11.5 Å². The van der Waals surface area contributed by atoms with Crippen molar-refractivity contribution >= 4 is 5.97 Å². The molecule has 0 spiro atoms. The third kappa shape index (κ3) is 3.57. The summed E-state index contributed by atoms with van der Waals surface area (Å²) >= 11 is 0. The minimum atomic E-state index is -0.333. The van der Waals surface area contributed by atoms with E-state index in [-0.39, 0.29) is 5.97 Å². The van der Waals surface area contributed by atoms with E-state index < -0.39 is 0 Å². The van der Waals surface area contributed by atoms with E-state index in [4.69, 9.17) is 9.47 Å². The van der Waals surface area contributed by atoms with Crippen LogP contribution in [0.4, 0.5) is 0 Å². The normalized spacial score (nSPS) is 10.3. The van der Waals surface area contributed by atoms with Crippen LogP contribution in [0.3, 0.4) is 0 Å². The molecule has 0 bridgehead atoms. The van der Waals surface area contributed by atoms with E-state index in [1.807, 2.05) is 18.2 Å². The van der Waals surface area contributed by atoms with E-state index in [0.29, 0.717) is 17.4 Å². The predicted molar refractivity (Wildman–Crippen MR) is 62.8 cm³/mol. The fourth-order valence-electron chi connectivity index (χ4n) is 1.55. The van der Waals surface area contributed by atoms with E-state index in [2.05, 4.69) is 13.8 Å². The smallest absolute Gasteiger partial charge is 0.308 e. The van der Waals surface area contributed by atoms with Crippen LogP contribution in [-0.2, 0) is 11.2 Å². The molecule has 0 unspecified atom stereocenters. The summed E-state index contributed by atoms with van der Waals surface area (Å²) in [5.41, 5.74) is 1.15. The standard InChI is InChI=1S/C13H18O3/c1-9(2)7-11-5-6-12(15-4)13(8-11)16-10(3)14/h5-6,8-9H,7H2,1-4H3. The fourth-order valence-corrected chi connectivity index (χ4v) is 1.55. The SMILES string of the molecule is COc1ccc(CC(C)C)cc1OC(C)=O. The monoisotopic (exact) mass is 222 g/mol. The summed E-state index contributed by atoms with van der Waals surface area (Å²) in [6.07, 6.45) is 0.957. The molecule has 0 radical (unpaired) electrons. The lowest BCUT2D eigenvalue weighted by Crippen LogP contribution is -2.04. The number of rotatable bonds is 4. The molecule has 1 rings (SSSR count). The average molecular weight is 222 g/mol. The maximum atomic E-state index is 10.9. The second-order valence-corrected chi connectivity index (χ2v) is 4.18. The largest absolute Gasteiger partial charge is 0.493 e. The number of carbonyl (C=O) groups excluding carboxylic acids is 1. The molecule has 0 heterocycles. The van der Waals surface area contributed by atoms with E-state index in [9.17, 15) is 4.79 Å². The number of hydrogen-bond acceptors (Lipinski definition) is 3. The van der Waals surface area contributed by atoms with Crippen molar-refractivity contribution in [2.45, 2.75) is 27.2 Å². The molecule has 0 N–H and O–H groups in total. The van der Waals surface area contributed by atoms with Crippen LogP contribution < -0.4 is 9.47 Å². The number of hydrogen-bond donors (Lipinski definition) is 0. The zero-order valence-electron chi connectivity index (χ0n) is 10.2. The Morgan fingerprint density at radius 3 is 2.50 bits per heavy atom. The molecule has 0 aromatic heterocycles. The number of esters is 1. The third-order valence-electron chi connectivity index (χ3n) is 2.13. The number of carbonyl (C=O) groups is 1. The van der Waals surface area contributed by atoms with E-state index in [1.165, 1.54) is 6.92 Å². The maximum absolute atomic E-state index is 10.9. The summed E-state index contributed by atoms with van der Waals surface area (Å²) in [7, 11) is 1.56. The minimum absolute atomic E-state index is 0.333. The highest BCUT2D eigenvalue weighted by Crippen LogP contribution is 2.29. The number of ether oxygens (including phenoxy) is 2. The molecule has 0 fully saturated rings. The molecule has 3 nitrogen and oxygen atoms in total. The van der Waals surface area contributed by atoms with Gasteiger partial charge in [-0.2, -0.15) is 0 Å². The molecular weight excluding hydrogens is 204 g/mol. The summed E-state index contributed by atoms with van der Waals surface area (Å²) in [6, 6.07) is 5.68. The first-order valence-electron chi connectivity index (χ1n) is 5.38. The molecule has 1 aromatic rings. The van der Waals surface area contributed by atoms with Gasteiger partial charge in [0.05, 0.1) is 7.11 Å². The lowest BCUT2D eigenvalue weighted by molar-refractivity contribution is -0.132. The van der Waals surface area contributed by atoms with Gasteiger partial charge in [-0.1, -0.05) is 19.9 Å². The highest BCUT2D eigenvalue weighted by Gasteiger charge is 2.08. The van der Waals surface area contributed by atoms with Crippen LogP contribution in [-0.4, -0.2) is 13.1 Å². The lowest BCUT2D eigenvalue weighted by atomic mass is 10.0. The van der Waals surface area contributed by atoms with Crippen molar-refractivity contribution in [3.8, 4) is 11.5 Å². The van der Waals surface area contributed by atoms with Crippen LogP contribution in [0.5, 0.6) is 11.5 Å². The maximum Gasteiger partial charge on any atom is 0.308 e. The zero-order valence-corrected chi connectivity index (χ0v) is 10.2. The topological polar surface area (TPSA) is 35.5 Å². The van der Waals surface area contributed by atoms with Crippen molar-refractivity contribution in [3.63, 3.8) is 0 Å². The van der Waals surface area contributed by atoms with Crippen LogP contribution in [0.25, 0.3) is 0 Å². The Kier molecular flexibility index (Phi) is 4.35. The van der Waals surface area contributed by atoms with Crippen molar-refractivity contribution in [3.05, 3.63) is 23.8 Å². The molecule has 88 valence electrons. The Balaban J connectivity index is 2.96. The lowest BCUT2D eigenvalue weighted by Gasteiger charge is -2.11. The van der Waals surface area contributed by atoms with Gasteiger partial charge in [0.2, 0.25) is 0 Å². The Morgan fingerprint density at radius 2 is 2.00 bits per heavy atom. The summed E-state index contributed by atoms with van der Waals surface area (Å²) in [5, 5.41) is 0. The van der Waals surface area contributed by atoms with Gasteiger partial charge in [0.1, 0.15) is 0 Å². The summed E-state index contributed by atoms with van der Waals surface area (Å²) in [4.78, 5) is 10.9. The minimum Gasteiger partial charge on any atom is -0.493 e. The van der Waals surface area contributed by atoms with Gasteiger partial charge >= 0.3 is 5.97 Å². The van der Waals surface area contributed by atoms with Gasteiger partial charge < -0.3 is 9.47 Å². The van der Waals surface area contributed by atoms with Gasteiger partial charge in [-0.3, -0.25) is 4.79 Å². The molecule has 3 heteroatoms. The first kappa shape index (κ1) is 12.6. The Hall–Kier alpha value is -1.51. The van der Waals surface area contributed by atoms with Gasteiger partial charge in [-0.05, 0) is 30.0 Å². The number of methoxy groups -OCH3 is 1. The van der Waals surface area contributed by atoms with E-state index in [1.54, 1.807) is 7.11 Å². The van der Waals surface area contributed by atoms with Gasteiger partial charge in [0, 0.05) is 6.92 Å². The van der Waals surface area contributed by atoms with Crippen molar-refractivity contribution in [1.29, 1.82) is 0 Å². The van der Waals surface area contributed by atoms with Crippen LogP contribution >= 0.6 is 0 Å². The summed E-state index contributed by atoms with van der Waals surface area (Å²) < 4.78 is 10.2. The average Bonchev–Trinajstić information content (AvgIpc) is 2.16. The van der Waals surface area contributed by atoms with Crippen LogP contribution in [0, 0.1) is 5.92 Å². The highest BCUT2D eigenvalue weighted by molar-refractivity contribution is 5.70. The second kappa shape index (κ2) is 5.54. The highest BCUT2D eigenvalue weighted by atomic mass is 16.6. The molecule has 0 amide bonds. The molecule has 0 aliphatic heterocycles. The first-order chi connectivity index (χ1) is 7.52. The quantitative estimate of drug-likeness (QED) is 0.580. The van der Waals surface area contributed by atoms with Gasteiger partial charge in [0.25, 0.3) is 0 Å². The Bertz CT molecular complexity index is 369. The molecule has 0 saturated carbocycles. The fraction of sp³-hybridized carbons (Fsp3) is 0.462. The van der Waals surface area contributed by atoms with Crippen LogP contribution in [0.2, 0.25) is 0 Å². The number of benzene rings is 1. The molecule has 0 saturated heterocycles. The Morgan fingerprint density at radius 1 is 1.31 bits per heavy atom. The molecule has 0 aliphatic rings. The predicted octanol–water partition coefficient (Wildman–Crippen LogP) is 2.82. The van der Waals surface area contributed by atoms with Crippen molar-refractivity contribution in [1.82, 2.24) is 0 Å². The van der Waals surface area contributed by atoms with E-state index >= 15 is 0 Å². The summed E-state index contributed by atoms with van der Waals surface area (Å²) in [6.45, 7) is 5.68. The van der Waals surface area contributed by atoms with Crippen molar-refractivity contribution in [2.24, 2.45) is 5.92 Å². The van der Waals surface area contributed by atoms with Crippen molar-refractivity contribution < 1.29 is 14.3 Å². The van der Waals surface area contributed by atoms with Gasteiger partial charge in [-0.15, -0.1) is 0 Å². The molecular formula is C13H18O3. The van der Waals surface area contributed by atoms with E-state index in [0.717, 1.165) is 12.0 Å². The second-order valence-electron chi connectivity index (χ2n) is 4.18. The van der Waals surface area contributed by atoms with Gasteiger partial charge in [-0.25, -0.2) is 0 Å². The molecule has 0 atom stereocenters. The molecule has 16 heavy (non-hydrogen) atoms. The molecule has 1 aromatic carbocycles.